The average Bonchev–Trinajstić information content (AvgIpc) is 1.65. The van der Waals surface area contributed by atoms with E-state index in [4.69, 9.17) is 61.0 Å². The number of aryl methyl sites for hydroxylation is 2. The molecule has 686 valence electrons. The summed E-state index contributed by atoms with van der Waals surface area (Å²) in [6, 6.07) is 34.4. The number of aromatic nitrogens is 23. The van der Waals surface area contributed by atoms with Crippen LogP contribution in [0, 0.1) is 36.4 Å². The molecule has 4 atom stereocenters. The predicted octanol–water partition coefficient (Wildman–Crippen LogP) is 13.0. The van der Waals surface area contributed by atoms with E-state index in [0.29, 0.717) is 92.8 Å². The first kappa shape index (κ1) is 90.2. The van der Waals surface area contributed by atoms with E-state index in [9.17, 15) is 18.8 Å². The van der Waals surface area contributed by atoms with E-state index in [2.05, 4.69) is 176 Å². The Hall–Kier alpha value is -15.8. The van der Waals surface area contributed by atoms with Gasteiger partial charge in [0.2, 0.25) is 29.6 Å². The maximum Gasteiger partial charge on any atom is 0.261 e. The van der Waals surface area contributed by atoms with Crippen LogP contribution in [0.5, 0.6) is 0 Å². The smallest absolute Gasteiger partial charge is 0.261 e. The van der Waals surface area contributed by atoms with Crippen LogP contribution >= 0.6 is 0 Å². The van der Waals surface area contributed by atoms with Gasteiger partial charge in [-0.05, 0) is 155 Å². The summed E-state index contributed by atoms with van der Waals surface area (Å²) in [6.45, 7) is 11.0. The van der Waals surface area contributed by atoms with Crippen LogP contribution in [0.15, 0.2) is 208 Å². The zero-order valence-electron chi connectivity index (χ0n) is 76.4. The summed E-state index contributed by atoms with van der Waals surface area (Å²) in [4.78, 5) is 88.5. The number of nitrogen functional groups attached to an aromatic ring is 4. The van der Waals surface area contributed by atoms with Crippen molar-refractivity contribution in [3.63, 3.8) is 0 Å². The number of anilines is 4. The van der Waals surface area contributed by atoms with E-state index in [1.165, 1.54) is 32.8 Å². The number of likely N-dealkylation sites (N-methyl/N-ethyl adjacent to an activating group) is 3. The van der Waals surface area contributed by atoms with Gasteiger partial charge in [0.05, 0.1) is 86.3 Å². The monoisotopic (exact) mass is 1810 g/mol. The number of hydrogen-bond acceptors (Lipinski definition) is 30. The molecule has 4 saturated carbocycles. The Morgan fingerprint density at radius 2 is 0.679 bits per heavy atom. The third-order valence-corrected chi connectivity index (χ3v) is 26.0. The molecule has 0 spiro atoms. The van der Waals surface area contributed by atoms with Crippen molar-refractivity contribution in [3.05, 3.63) is 247 Å². The van der Waals surface area contributed by atoms with Crippen LogP contribution in [0.3, 0.4) is 0 Å². The number of carbonyl (C=O) groups is 3. The molecular formula is C96H103FN30O7. The van der Waals surface area contributed by atoms with Gasteiger partial charge in [0.1, 0.15) is 25.5 Å². The third kappa shape index (κ3) is 19.0. The number of rotatable bonds is 26. The van der Waals surface area contributed by atoms with Gasteiger partial charge >= 0.3 is 0 Å². The van der Waals surface area contributed by atoms with Crippen LogP contribution in [-0.2, 0) is 62.7 Å². The minimum atomic E-state index is -0.539. The lowest BCUT2D eigenvalue weighted by molar-refractivity contribution is -0.130. The predicted molar refractivity (Wildman–Crippen MR) is 495 cm³/mol. The fraction of sp³-hybridized carbons (Fsp3) is 0.333. The molecule has 3 amide bonds. The largest absolute Gasteiger partial charge is 0.382 e. The Bertz CT molecular complexity index is 6840. The molecule has 4 fully saturated rings. The molecule has 16 aromatic rings. The lowest BCUT2D eigenvalue weighted by Crippen LogP contribution is -2.38. The first-order valence-electron chi connectivity index (χ1n) is 44.0. The molecule has 4 aliphatic carbocycles. The van der Waals surface area contributed by atoms with Gasteiger partial charge in [-0.25, -0.2) is 34.3 Å². The summed E-state index contributed by atoms with van der Waals surface area (Å²) in [5.41, 5.74) is 36.2. The Kier molecular flexibility index (Phi) is 25.0. The molecule has 4 aromatic carbocycles. The zero-order valence-corrected chi connectivity index (χ0v) is 76.4. The highest BCUT2D eigenvalue weighted by atomic mass is 19.1. The third-order valence-electron chi connectivity index (χ3n) is 26.0. The molecule has 12 aromatic heterocycles. The highest BCUT2D eigenvalue weighted by Gasteiger charge is 2.51. The van der Waals surface area contributed by atoms with Crippen molar-refractivity contribution in [2.75, 3.05) is 65.2 Å². The Morgan fingerprint density at radius 1 is 0.373 bits per heavy atom. The average molecular weight is 1810 g/mol. The lowest BCUT2D eigenvalue weighted by atomic mass is 9.62. The number of carbonyl (C=O) groups excluding carboxylic acids is 3. The molecular weight excluding hydrogens is 1700 g/mol. The summed E-state index contributed by atoms with van der Waals surface area (Å²) in [5.74, 6) is 6.08. The molecule has 20 rings (SSSR count). The second kappa shape index (κ2) is 37.2. The van der Waals surface area contributed by atoms with Crippen LogP contribution < -0.4 is 22.9 Å². The van der Waals surface area contributed by atoms with Gasteiger partial charge in [-0.2, -0.15) is 40.3 Å². The van der Waals surface area contributed by atoms with E-state index in [-0.39, 0.29) is 71.3 Å². The van der Waals surface area contributed by atoms with E-state index >= 15 is 0 Å². The highest BCUT2D eigenvalue weighted by Crippen LogP contribution is 2.54. The molecule has 8 N–H and O–H groups in total. The van der Waals surface area contributed by atoms with Gasteiger partial charge in [-0.3, -0.25) is 38.1 Å². The minimum Gasteiger partial charge on any atom is -0.382 e. The summed E-state index contributed by atoms with van der Waals surface area (Å²) in [5, 5.41) is 34.4. The second-order valence-corrected chi connectivity index (χ2v) is 35.8. The number of nitrogens with two attached hydrogens (primary N) is 4. The number of halogens is 1. The van der Waals surface area contributed by atoms with Crippen molar-refractivity contribution in [1.82, 2.24) is 129 Å². The molecule has 134 heavy (non-hydrogen) atoms. The number of hydrogen-bond donors (Lipinski definition) is 4. The molecule has 0 bridgehead atoms. The van der Waals surface area contributed by atoms with Crippen LogP contribution in [0.25, 0.3) is 90.5 Å². The van der Waals surface area contributed by atoms with E-state index in [1.54, 1.807) is 142 Å². The number of benzene rings is 4. The van der Waals surface area contributed by atoms with Crippen LogP contribution in [-0.4, -0.2) is 189 Å². The number of amides is 3. The van der Waals surface area contributed by atoms with E-state index < -0.39 is 11.2 Å². The van der Waals surface area contributed by atoms with Gasteiger partial charge in [0.15, 0.2) is 34.9 Å². The van der Waals surface area contributed by atoms with Gasteiger partial charge in [0, 0.05) is 127 Å². The number of nitrogens with zero attached hydrogens (tertiary/aromatic N) is 26. The van der Waals surface area contributed by atoms with E-state index in [1.807, 2.05) is 44.4 Å². The zero-order chi connectivity index (χ0) is 94.1. The quantitative estimate of drug-likeness (QED) is 0.0391. The summed E-state index contributed by atoms with van der Waals surface area (Å²) < 4.78 is 42.8. The standard InChI is InChI=1S/C25H26FN7O2.C25H28N8O2.C24H26N8O2.C22H23N7O/c1-25(19-8-9-19,18-6-4-15(5-7-18)16-10-20(26)22(27)28-11-16)24-30-23(35-31-24)17-12-29-33(13-17)14-21(34)32(2)3;1-15-22(27-12-20(26)29-15)16-5-7-18(8-6-16)25(2,19-9-10-19)24-30-23(35-31-24)17-11-28-33(13-17)14-21(34)32(3)4;1-24(19-8-9-19,18-6-4-15(5-7-18)16-10-26-23(25)27-11-16)22-29-21(34-30-22)17-12-28-32(13-17)14-20(33)31(2)3;1-22(17-4-3-5-17,20-27-19(30-28-20)16-12-26-29(2)13-16)18-8-6-14(7-9-18)15-10-24-21(23)25-11-15/h4-7,10-13,19H,8-9,14H2,1-3H3,(H2,27,28);5-8,11-13,19H,9-10,14H2,1-4H3,(H2,26,29);4-7,10-13,19H,8-9,14H2,1-3H3,(H2,25,26,27);6-13,17H,3-5H2,1-2H3,(H2,23,24,25)/t2*25-;24-;22-/m0001/s1. The molecule has 4 aliphatic rings. The maximum atomic E-state index is 13.9. The molecule has 0 saturated heterocycles. The van der Waals surface area contributed by atoms with Crippen LogP contribution in [0.4, 0.5) is 27.9 Å². The van der Waals surface area contributed by atoms with Crippen molar-refractivity contribution >= 4 is 41.3 Å². The maximum absolute atomic E-state index is 13.9. The van der Waals surface area contributed by atoms with Crippen LogP contribution in [0.2, 0.25) is 0 Å². The molecule has 0 aliphatic heterocycles. The first-order chi connectivity index (χ1) is 64.4. The summed E-state index contributed by atoms with van der Waals surface area (Å²) in [6.07, 6.45) is 33.9. The Balaban J connectivity index is 0.000000125. The summed E-state index contributed by atoms with van der Waals surface area (Å²) in [7, 11) is 12.1. The highest BCUT2D eigenvalue weighted by molar-refractivity contribution is 5.77. The van der Waals surface area contributed by atoms with Gasteiger partial charge in [-0.1, -0.05) is 124 Å². The van der Waals surface area contributed by atoms with Crippen molar-refractivity contribution in [2.45, 2.75) is 134 Å². The molecule has 12 heterocycles. The molecule has 0 radical (unpaired) electrons. The fourth-order valence-corrected chi connectivity index (χ4v) is 16.8. The molecule has 38 heteroatoms. The number of pyridine rings is 1. The van der Waals surface area contributed by atoms with Crippen LogP contribution in [0.1, 0.15) is 137 Å². The molecule has 37 nitrogen and oxygen atoms in total. The normalized spacial score (nSPS) is 15.4. The lowest BCUT2D eigenvalue weighted by Gasteiger charge is -2.41. The topological polar surface area (TPSA) is 482 Å². The fourth-order valence-electron chi connectivity index (χ4n) is 16.8. The Morgan fingerprint density at radius 3 is 0.970 bits per heavy atom. The van der Waals surface area contributed by atoms with Crippen molar-refractivity contribution < 1.29 is 36.9 Å². The summed E-state index contributed by atoms with van der Waals surface area (Å²) >= 11 is 0. The van der Waals surface area contributed by atoms with Gasteiger partial charge < -0.3 is 55.7 Å². The first-order valence-corrected chi connectivity index (χ1v) is 44.0. The van der Waals surface area contributed by atoms with Crippen molar-refractivity contribution in [1.29, 1.82) is 0 Å². The minimum absolute atomic E-state index is 0.0452. The SMILES string of the molecule is CN(C)C(=O)Cn1cc(-c2nc([C@@](C)(c3ccc(-c4cnc(N)c(F)c4)cc3)C3CC3)no2)cn1.CN(C)C(=O)Cn1cc(-c2nc([C@@](C)(c3ccc(-c4cnc(N)nc4)cc3)C3CC3)no2)cn1.Cc1nc(N)cnc1-c1ccc([C@](C)(c2noc(-c3cnn(CC(=O)N(C)C)c3)n2)C2CC2)cc1.Cn1cc(-c2nc([C@@](C)(c3ccc(-c4cnc(N)nc4)cc3)C3CCC3)no2)cn1. The van der Waals surface area contributed by atoms with Gasteiger partial charge in [-0.15, -0.1) is 0 Å². The van der Waals surface area contributed by atoms with Crippen molar-refractivity contribution in [2.24, 2.45) is 30.7 Å². The Labute approximate surface area is 770 Å². The molecule has 0 unspecified atom stereocenters. The van der Waals surface area contributed by atoms with E-state index in [0.717, 1.165) is 124 Å². The second-order valence-electron chi connectivity index (χ2n) is 35.8. The van der Waals surface area contributed by atoms with Crippen molar-refractivity contribution in [3.8, 4) is 90.5 Å². The van der Waals surface area contributed by atoms with Gasteiger partial charge in [0.25, 0.3) is 23.6 Å².